The summed E-state index contributed by atoms with van der Waals surface area (Å²) in [5.41, 5.74) is 1.61. The molecule has 0 bridgehead atoms. The van der Waals surface area contributed by atoms with Gasteiger partial charge in [0.05, 0.1) is 42.5 Å². The van der Waals surface area contributed by atoms with E-state index < -0.39 is 14.9 Å². The fourth-order valence-corrected chi connectivity index (χ4v) is 5.06. The molecule has 0 saturated carbocycles. The van der Waals surface area contributed by atoms with Gasteiger partial charge in [0, 0.05) is 18.6 Å². The Hall–Kier alpha value is -2.29. The van der Waals surface area contributed by atoms with Gasteiger partial charge in [-0.15, -0.1) is 0 Å². The molecular formula is C19H24N3O4S+. The maximum absolute atomic E-state index is 13.0. The minimum absolute atomic E-state index is 0.0319. The largest absolute Gasteiger partial charge is 0.332 e. The van der Waals surface area contributed by atoms with Crippen molar-refractivity contribution in [1.29, 1.82) is 0 Å². The standard InChI is InChI=1S/C19H23N3O4S/c1-16-7-8-18(22(23)24)15-19(16)27(25,26)21-13-11-20(12-14-21)10-9-17-5-3-2-4-6-17/h2-8,15H,9-14H2,1H3/p+1. The molecule has 1 fully saturated rings. The summed E-state index contributed by atoms with van der Waals surface area (Å²) in [6.45, 7) is 4.95. The zero-order valence-electron chi connectivity index (χ0n) is 15.3. The molecule has 0 amide bonds. The van der Waals surface area contributed by atoms with Gasteiger partial charge >= 0.3 is 0 Å². The first-order valence-corrected chi connectivity index (χ1v) is 10.4. The van der Waals surface area contributed by atoms with Crippen molar-refractivity contribution in [2.45, 2.75) is 18.2 Å². The first kappa shape index (κ1) is 19.5. The van der Waals surface area contributed by atoms with E-state index >= 15 is 0 Å². The van der Waals surface area contributed by atoms with E-state index in [4.69, 9.17) is 0 Å². The summed E-state index contributed by atoms with van der Waals surface area (Å²) in [7, 11) is -3.72. The van der Waals surface area contributed by atoms with Crippen molar-refractivity contribution in [3.05, 3.63) is 69.8 Å². The summed E-state index contributed by atoms with van der Waals surface area (Å²) in [6, 6.07) is 14.2. The molecule has 0 atom stereocenters. The number of nitrogens with one attached hydrogen (secondary N) is 1. The van der Waals surface area contributed by atoms with Gasteiger partial charge in [-0.25, -0.2) is 8.42 Å². The van der Waals surface area contributed by atoms with Crippen molar-refractivity contribution in [3.63, 3.8) is 0 Å². The van der Waals surface area contributed by atoms with Crippen LogP contribution >= 0.6 is 0 Å². The van der Waals surface area contributed by atoms with Gasteiger partial charge in [-0.2, -0.15) is 4.31 Å². The number of hydrogen-bond acceptors (Lipinski definition) is 4. The van der Waals surface area contributed by atoms with Crippen LogP contribution in [0.4, 0.5) is 5.69 Å². The van der Waals surface area contributed by atoms with Crippen LogP contribution in [-0.4, -0.2) is 50.4 Å². The Balaban J connectivity index is 1.65. The molecule has 1 N–H and O–H groups in total. The van der Waals surface area contributed by atoms with E-state index in [-0.39, 0.29) is 10.6 Å². The van der Waals surface area contributed by atoms with Crippen LogP contribution in [0, 0.1) is 17.0 Å². The molecule has 0 aromatic heterocycles. The number of rotatable bonds is 6. The minimum atomic E-state index is -3.72. The van der Waals surface area contributed by atoms with E-state index in [0.717, 1.165) is 26.1 Å². The second kappa shape index (κ2) is 8.16. The molecule has 1 heterocycles. The number of quaternary nitrogens is 1. The first-order valence-electron chi connectivity index (χ1n) is 9.00. The molecule has 1 aliphatic rings. The summed E-state index contributed by atoms with van der Waals surface area (Å²) >= 11 is 0. The highest BCUT2D eigenvalue weighted by atomic mass is 32.2. The molecule has 0 unspecified atom stereocenters. The minimum Gasteiger partial charge on any atom is -0.332 e. The first-order chi connectivity index (χ1) is 12.9. The highest BCUT2D eigenvalue weighted by Gasteiger charge is 2.32. The summed E-state index contributed by atoms with van der Waals surface area (Å²) in [5, 5.41) is 11.0. The molecule has 1 saturated heterocycles. The van der Waals surface area contributed by atoms with Gasteiger partial charge in [0.15, 0.2) is 0 Å². The third kappa shape index (κ3) is 4.52. The molecule has 0 spiro atoms. The van der Waals surface area contributed by atoms with Gasteiger partial charge in [-0.05, 0) is 18.1 Å². The van der Waals surface area contributed by atoms with Crippen LogP contribution in [-0.2, 0) is 16.4 Å². The number of non-ortho nitro benzene ring substituents is 1. The van der Waals surface area contributed by atoms with Crippen molar-refractivity contribution >= 4 is 15.7 Å². The molecular weight excluding hydrogens is 366 g/mol. The lowest BCUT2D eigenvalue weighted by atomic mass is 10.1. The van der Waals surface area contributed by atoms with Gasteiger partial charge in [0.2, 0.25) is 10.0 Å². The highest BCUT2D eigenvalue weighted by Crippen LogP contribution is 2.24. The zero-order valence-corrected chi connectivity index (χ0v) is 16.1. The number of benzene rings is 2. The predicted octanol–water partition coefficient (Wildman–Crippen LogP) is 1.04. The van der Waals surface area contributed by atoms with Crippen LogP contribution in [0.3, 0.4) is 0 Å². The molecule has 8 heteroatoms. The van der Waals surface area contributed by atoms with Crippen LogP contribution < -0.4 is 4.90 Å². The quantitative estimate of drug-likeness (QED) is 0.590. The number of sulfonamides is 1. The van der Waals surface area contributed by atoms with Gasteiger partial charge in [-0.1, -0.05) is 36.4 Å². The fraction of sp³-hybridized carbons (Fsp3) is 0.368. The molecule has 1 aliphatic heterocycles. The SMILES string of the molecule is Cc1ccc([N+](=O)[O-])cc1S(=O)(=O)N1CC[NH+](CCc2ccccc2)CC1. The molecule has 7 nitrogen and oxygen atoms in total. The van der Waals surface area contributed by atoms with Crippen molar-refractivity contribution in [2.24, 2.45) is 0 Å². The lowest BCUT2D eigenvalue weighted by Crippen LogP contribution is -3.15. The topological polar surface area (TPSA) is 85.0 Å². The highest BCUT2D eigenvalue weighted by molar-refractivity contribution is 7.89. The Morgan fingerprint density at radius 1 is 1.11 bits per heavy atom. The van der Waals surface area contributed by atoms with Crippen LogP contribution in [0.2, 0.25) is 0 Å². The van der Waals surface area contributed by atoms with Gasteiger partial charge in [0.1, 0.15) is 0 Å². The molecule has 2 aromatic carbocycles. The van der Waals surface area contributed by atoms with Crippen LogP contribution in [0.1, 0.15) is 11.1 Å². The Labute approximate surface area is 159 Å². The van der Waals surface area contributed by atoms with E-state index in [2.05, 4.69) is 12.1 Å². The summed E-state index contributed by atoms with van der Waals surface area (Å²) in [6.07, 6.45) is 0.965. The van der Waals surface area contributed by atoms with Crippen molar-refractivity contribution in [3.8, 4) is 0 Å². The average Bonchev–Trinajstić information content (AvgIpc) is 2.67. The molecule has 0 aliphatic carbocycles. The van der Waals surface area contributed by atoms with E-state index in [9.17, 15) is 18.5 Å². The monoisotopic (exact) mass is 390 g/mol. The normalized spacial score (nSPS) is 16.3. The van der Waals surface area contributed by atoms with E-state index in [1.54, 1.807) is 6.92 Å². The number of aryl methyl sites for hydroxylation is 1. The van der Waals surface area contributed by atoms with Crippen molar-refractivity contribution in [2.75, 3.05) is 32.7 Å². The Kier molecular flexibility index (Phi) is 5.88. The lowest BCUT2D eigenvalue weighted by molar-refractivity contribution is -0.903. The second-order valence-corrected chi connectivity index (χ2v) is 8.75. The van der Waals surface area contributed by atoms with E-state index in [1.165, 1.54) is 33.0 Å². The third-order valence-corrected chi connectivity index (χ3v) is 7.08. The summed E-state index contributed by atoms with van der Waals surface area (Å²) < 4.78 is 27.4. The van der Waals surface area contributed by atoms with E-state index in [0.29, 0.717) is 18.7 Å². The van der Waals surface area contributed by atoms with Gasteiger partial charge in [0.25, 0.3) is 5.69 Å². The van der Waals surface area contributed by atoms with Crippen LogP contribution in [0.15, 0.2) is 53.4 Å². The van der Waals surface area contributed by atoms with Gasteiger partial charge in [-0.3, -0.25) is 10.1 Å². The predicted molar refractivity (Wildman–Crippen MR) is 102 cm³/mol. The number of nitro groups is 1. The maximum atomic E-state index is 13.0. The Morgan fingerprint density at radius 3 is 2.41 bits per heavy atom. The summed E-state index contributed by atoms with van der Waals surface area (Å²) in [4.78, 5) is 11.8. The van der Waals surface area contributed by atoms with Gasteiger partial charge < -0.3 is 4.90 Å². The number of piperazine rings is 1. The van der Waals surface area contributed by atoms with Crippen molar-refractivity contribution < 1.29 is 18.2 Å². The molecule has 0 radical (unpaired) electrons. The second-order valence-electron chi connectivity index (χ2n) is 6.85. The Bertz CT molecular complexity index is 908. The Morgan fingerprint density at radius 2 is 1.78 bits per heavy atom. The van der Waals surface area contributed by atoms with E-state index in [1.807, 2.05) is 18.2 Å². The molecule has 144 valence electrons. The smallest absolute Gasteiger partial charge is 0.270 e. The zero-order chi connectivity index (χ0) is 19.4. The van der Waals surface area contributed by atoms with Crippen LogP contribution in [0.25, 0.3) is 0 Å². The van der Waals surface area contributed by atoms with Crippen LogP contribution in [0.5, 0.6) is 0 Å². The molecule has 3 rings (SSSR count). The molecule has 27 heavy (non-hydrogen) atoms. The average molecular weight is 390 g/mol. The maximum Gasteiger partial charge on any atom is 0.270 e. The number of hydrogen-bond donors (Lipinski definition) is 1. The number of nitrogens with zero attached hydrogens (tertiary/aromatic N) is 2. The third-order valence-electron chi connectivity index (χ3n) is 5.04. The van der Waals surface area contributed by atoms with Crippen molar-refractivity contribution in [1.82, 2.24) is 4.31 Å². The molecule has 2 aromatic rings. The summed E-state index contributed by atoms with van der Waals surface area (Å²) in [5.74, 6) is 0. The fourth-order valence-electron chi connectivity index (χ4n) is 3.38. The lowest BCUT2D eigenvalue weighted by Gasteiger charge is -2.31. The number of nitro benzene ring substituents is 1.